The Kier molecular flexibility index (Phi) is 3.36. The van der Waals surface area contributed by atoms with Crippen LogP contribution in [0.4, 0.5) is 0 Å². The topological polar surface area (TPSA) is 69.0 Å². The molecule has 0 bridgehead atoms. The van der Waals surface area contributed by atoms with E-state index in [1.165, 1.54) is 18.5 Å². The SMILES string of the molecule is C=C(C#N)N=CC(=C)c1cc[nH]c(=O)c1. The largest absolute Gasteiger partial charge is 0.329 e. The quantitative estimate of drug-likeness (QED) is 0.592. The van der Waals surface area contributed by atoms with Crippen LogP contribution in [0.5, 0.6) is 0 Å². The highest BCUT2D eigenvalue weighted by Gasteiger charge is 1.96. The van der Waals surface area contributed by atoms with E-state index in [9.17, 15) is 4.79 Å². The van der Waals surface area contributed by atoms with E-state index in [1.54, 1.807) is 12.1 Å². The van der Waals surface area contributed by atoms with Crippen LogP contribution in [0, 0.1) is 11.3 Å². The van der Waals surface area contributed by atoms with Gasteiger partial charge in [0.05, 0.1) is 0 Å². The zero-order valence-corrected chi connectivity index (χ0v) is 8.03. The van der Waals surface area contributed by atoms with E-state index in [1.807, 2.05) is 0 Å². The minimum atomic E-state index is -0.207. The zero-order valence-electron chi connectivity index (χ0n) is 8.03. The van der Waals surface area contributed by atoms with Crippen LogP contribution in [-0.4, -0.2) is 11.2 Å². The number of hydrogen-bond donors (Lipinski definition) is 1. The molecule has 0 aromatic carbocycles. The van der Waals surface area contributed by atoms with Gasteiger partial charge in [0.15, 0.2) is 0 Å². The van der Waals surface area contributed by atoms with Crippen LogP contribution in [0.15, 0.2) is 47.0 Å². The fraction of sp³-hybridized carbons (Fsp3) is 0. The normalized spacial score (nSPS) is 9.80. The van der Waals surface area contributed by atoms with Crippen LogP contribution in [0.1, 0.15) is 5.56 Å². The average molecular weight is 199 g/mol. The third-order valence-electron chi connectivity index (χ3n) is 1.65. The van der Waals surface area contributed by atoms with Crippen molar-refractivity contribution in [2.45, 2.75) is 0 Å². The lowest BCUT2D eigenvalue weighted by Crippen LogP contribution is -2.03. The highest BCUT2D eigenvalue weighted by atomic mass is 16.1. The van der Waals surface area contributed by atoms with Crippen LogP contribution < -0.4 is 5.56 Å². The summed E-state index contributed by atoms with van der Waals surface area (Å²) in [6.45, 7) is 7.11. The molecule has 1 N–H and O–H groups in total. The summed E-state index contributed by atoms with van der Waals surface area (Å²) in [6, 6.07) is 4.89. The minimum Gasteiger partial charge on any atom is -0.329 e. The maximum atomic E-state index is 11.0. The predicted octanol–water partition coefficient (Wildman–Crippen LogP) is 1.50. The molecule has 0 aliphatic heterocycles. The van der Waals surface area contributed by atoms with Gasteiger partial charge in [-0.1, -0.05) is 13.2 Å². The highest BCUT2D eigenvalue weighted by molar-refractivity contribution is 6.09. The number of allylic oxidation sites excluding steroid dienone is 2. The van der Waals surface area contributed by atoms with Crippen molar-refractivity contribution in [3.05, 3.63) is 53.1 Å². The monoisotopic (exact) mass is 199 g/mol. The molecule has 4 nitrogen and oxygen atoms in total. The van der Waals surface area contributed by atoms with E-state index in [4.69, 9.17) is 5.26 Å². The van der Waals surface area contributed by atoms with Crippen LogP contribution in [0.2, 0.25) is 0 Å². The molecule has 1 rings (SSSR count). The number of nitrogens with zero attached hydrogens (tertiary/aromatic N) is 2. The van der Waals surface area contributed by atoms with Crippen molar-refractivity contribution in [2.75, 3.05) is 0 Å². The van der Waals surface area contributed by atoms with Crippen molar-refractivity contribution in [2.24, 2.45) is 4.99 Å². The van der Waals surface area contributed by atoms with Crippen molar-refractivity contribution < 1.29 is 0 Å². The van der Waals surface area contributed by atoms with Crippen LogP contribution >= 0.6 is 0 Å². The van der Waals surface area contributed by atoms with Gasteiger partial charge in [-0.15, -0.1) is 0 Å². The molecule has 0 fully saturated rings. The Morgan fingerprint density at radius 2 is 2.33 bits per heavy atom. The maximum absolute atomic E-state index is 11.0. The number of aromatic amines is 1. The molecule has 0 amide bonds. The van der Waals surface area contributed by atoms with E-state index in [-0.39, 0.29) is 11.3 Å². The van der Waals surface area contributed by atoms with Gasteiger partial charge in [0, 0.05) is 18.5 Å². The lowest BCUT2D eigenvalue weighted by molar-refractivity contribution is 1.23. The number of hydrogen-bond acceptors (Lipinski definition) is 3. The Balaban J connectivity index is 2.88. The summed E-state index contributed by atoms with van der Waals surface area (Å²) >= 11 is 0. The number of aliphatic imine (C=N–C) groups is 1. The summed E-state index contributed by atoms with van der Waals surface area (Å²) in [6.07, 6.45) is 2.93. The van der Waals surface area contributed by atoms with Gasteiger partial charge in [-0.05, 0) is 17.2 Å². The lowest BCUT2D eigenvalue weighted by Gasteiger charge is -1.97. The van der Waals surface area contributed by atoms with Gasteiger partial charge in [0.1, 0.15) is 11.8 Å². The number of pyridine rings is 1. The zero-order chi connectivity index (χ0) is 11.3. The smallest absolute Gasteiger partial charge is 0.248 e. The first-order chi connectivity index (χ1) is 7.13. The summed E-state index contributed by atoms with van der Waals surface area (Å²) < 4.78 is 0. The van der Waals surface area contributed by atoms with Crippen molar-refractivity contribution in [1.29, 1.82) is 5.26 Å². The predicted molar refractivity (Wildman–Crippen MR) is 59.3 cm³/mol. The molecule has 0 aliphatic carbocycles. The standard InChI is InChI=1S/C11H9N3O/c1-8(7-14-9(2)6-12)10-3-4-13-11(15)5-10/h3-5,7H,1-2H2,(H,13,15). The second-order valence-corrected chi connectivity index (χ2v) is 2.78. The maximum Gasteiger partial charge on any atom is 0.248 e. The molecule has 1 aromatic heterocycles. The summed E-state index contributed by atoms with van der Waals surface area (Å²) in [5.74, 6) is 0. The molecule has 1 aromatic rings. The van der Waals surface area contributed by atoms with Crippen LogP contribution in [0.3, 0.4) is 0 Å². The fourth-order valence-corrected chi connectivity index (χ4v) is 0.904. The number of H-pyrrole nitrogens is 1. The van der Waals surface area contributed by atoms with Gasteiger partial charge in [-0.25, -0.2) is 4.99 Å². The summed E-state index contributed by atoms with van der Waals surface area (Å²) in [5, 5.41) is 8.41. The van der Waals surface area contributed by atoms with Gasteiger partial charge < -0.3 is 4.98 Å². The molecule has 0 spiro atoms. The first-order valence-electron chi connectivity index (χ1n) is 4.14. The molecule has 15 heavy (non-hydrogen) atoms. The van der Waals surface area contributed by atoms with Gasteiger partial charge >= 0.3 is 0 Å². The Morgan fingerprint density at radius 1 is 1.60 bits per heavy atom. The molecule has 0 unspecified atom stereocenters. The summed E-state index contributed by atoms with van der Waals surface area (Å²) in [4.78, 5) is 17.2. The molecular weight excluding hydrogens is 190 g/mol. The molecule has 0 aliphatic rings. The van der Waals surface area contributed by atoms with Crippen molar-refractivity contribution in [1.82, 2.24) is 4.98 Å². The summed E-state index contributed by atoms with van der Waals surface area (Å²) in [7, 11) is 0. The van der Waals surface area contributed by atoms with Crippen LogP contribution in [0.25, 0.3) is 5.57 Å². The van der Waals surface area contributed by atoms with E-state index in [0.717, 1.165) is 0 Å². The molecule has 0 atom stereocenters. The van der Waals surface area contributed by atoms with Gasteiger partial charge in [-0.3, -0.25) is 4.79 Å². The second-order valence-electron chi connectivity index (χ2n) is 2.78. The number of nitrogens with one attached hydrogen (secondary N) is 1. The Morgan fingerprint density at radius 3 is 2.93 bits per heavy atom. The molecule has 0 radical (unpaired) electrons. The fourth-order valence-electron chi connectivity index (χ4n) is 0.904. The van der Waals surface area contributed by atoms with E-state index in [0.29, 0.717) is 11.1 Å². The first kappa shape index (κ1) is 10.7. The number of nitriles is 1. The molecule has 74 valence electrons. The summed E-state index contributed by atoms with van der Waals surface area (Å²) in [5.41, 5.74) is 1.10. The van der Waals surface area contributed by atoms with Crippen molar-refractivity contribution >= 4 is 11.8 Å². The van der Waals surface area contributed by atoms with Crippen LogP contribution in [-0.2, 0) is 0 Å². The van der Waals surface area contributed by atoms with Crippen molar-refractivity contribution in [3.63, 3.8) is 0 Å². The third kappa shape index (κ3) is 3.08. The van der Waals surface area contributed by atoms with E-state index < -0.39 is 0 Å². The number of aromatic nitrogens is 1. The molecule has 1 heterocycles. The van der Waals surface area contributed by atoms with Gasteiger partial charge in [-0.2, -0.15) is 5.26 Å². The second kappa shape index (κ2) is 4.72. The molecule has 4 heteroatoms. The Labute approximate surface area is 86.9 Å². The molecular formula is C11H9N3O. The molecule has 0 saturated carbocycles. The third-order valence-corrected chi connectivity index (χ3v) is 1.65. The molecule has 0 saturated heterocycles. The van der Waals surface area contributed by atoms with E-state index >= 15 is 0 Å². The van der Waals surface area contributed by atoms with Crippen molar-refractivity contribution in [3.8, 4) is 6.07 Å². The van der Waals surface area contributed by atoms with Gasteiger partial charge in [0.25, 0.3) is 0 Å². The Bertz CT molecular complexity index is 517. The highest BCUT2D eigenvalue weighted by Crippen LogP contribution is 2.06. The van der Waals surface area contributed by atoms with E-state index in [2.05, 4.69) is 23.1 Å². The number of rotatable bonds is 3. The Hall–Kier alpha value is -2.41. The lowest BCUT2D eigenvalue weighted by atomic mass is 10.1. The van der Waals surface area contributed by atoms with Gasteiger partial charge in [0.2, 0.25) is 5.56 Å². The minimum absolute atomic E-state index is 0.0981. The average Bonchev–Trinajstić information content (AvgIpc) is 2.25. The first-order valence-corrected chi connectivity index (χ1v) is 4.14.